The third-order valence-electron chi connectivity index (χ3n) is 2.85. The van der Waals surface area contributed by atoms with E-state index in [0.29, 0.717) is 17.7 Å². The summed E-state index contributed by atoms with van der Waals surface area (Å²) in [5.41, 5.74) is 6.36. The number of hydrogen-bond acceptors (Lipinski definition) is 3. The molecule has 0 aliphatic heterocycles. The van der Waals surface area contributed by atoms with Gasteiger partial charge in [0, 0.05) is 38.9 Å². The molecule has 0 saturated carbocycles. The topological polar surface area (TPSA) is 53.1 Å². The van der Waals surface area contributed by atoms with Gasteiger partial charge in [-0.3, -0.25) is 10.3 Å². The van der Waals surface area contributed by atoms with Crippen LogP contribution in [-0.4, -0.2) is 17.8 Å². The molecule has 0 amide bonds. The first kappa shape index (κ1) is 15.2. The molecule has 0 aliphatic rings. The fourth-order valence-corrected chi connectivity index (χ4v) is 3.42. The maximum atomic E-state index is 13.9. The highest BCUT2D eigenvalue weighted by molar-refractivity contribution is 9.10. The van der Waals surface area contributed by atoms with E-state index in [2.05, 4.69) is 22.0 Å². The molecule has 0 aliphatic carbocycles. The minimum Gasteiger partial charge on any atom is -0.384 e. The van der Waals surface area contributed by atoms with Gasteiger partial charge in [-0.15, -0.1) is 11.3 Å². The molecular weight excluding hydrogens is 341 g/mol. The smallest absolute Gasteiger partial charge is 0.128 e. The molecule has 2 aromatic rings. The van der Waals surface area contributed by atoms with Gasteiger partial charge in [0.15, 0.2) is 0 Å². The SMILES string of the molecule is CN(Cc1cc(Br)cs1)Cc1ccc(C(=N)N)cc1F. The predicted octanol–water partition coefficient (Wildman–Crippen LogP) is 3.57. The minimum absolute atomic E-state index is 0.118. The Hall–Kier alpha value is -1.24. The standard InChI is InChI=1S/C14H15BrFN3S/c1-19(7-12-5-11(15)8-20-12)6-10-3-2-9(14(17)18)4-13(10)16/h2-5,8H,6-7H2,1H3,(H3,17,18). The summed E-state index contributed by atoms with van der Waals surface area (Å²) >= 11 is 5.09. The van der Waals surface area contributed by atoms with Gasteiger partial charge in [-0.2, -0.15) is 0 Å². The largest absolute Gasteiger partial charge is 0.384 e. The molecule has 106 valence electrons. The number of hydrogen-bond donors (Lipinski definition) is 2. The Morgan fingerprint density at radius 2 is 2.15 bits per heavy atom. The molecule has 0 saturated heterocycles. The third-order valence-corrected chi connectivity index (χ3v) is 4.53. The van der Waals surface area contributed by atoms with Gasteiger partial charge in [0.2, 0.25) is 0 Å². The number of rotatable bonds is 5. The van der Waals surface area contributed by atoms with Crippen LogP contribution in [0.15, 0.2) is 34.1 Å². The first-order valence-electron chi connectivity index (χ1n) is 6.00. The van der Waals surface area contributed by atoms with E-state index in [1.807, 2.05) is 17.3 Å². The van der Waals surface area contributed by atoms with Crippen LogP contribution in [0, 0.1) is 11.2 Å². The average Bonchev–Trinajstić information content (AvgIpc) is 2.77. The van der Waals surface area contributed by atoms with Crippen LogP contribution >= 0.6 is 27.3 Å². The highest BCUT2D eigenvalue weighted by atomic mass is 79.9. The lowest BCUT2D eigenvalue weighted by Gasteiger charge is -2.16. The first-order valence-corrected chi connectivity index (χ1v) is 7.67. The predicted molar refractivity (Wildman–Crippen MR) is 84.6 cm³/mol. The molecule has 3 nitrogen and oxygen atoms in total. The second-order valence-electron chi connectivity index (χ2n) is 4.62. The lowest BCUT2D eigenvalue weighted by Crippen LogP contribution is -2.18. The van der Waals surface area contributed by atoms with Crippen LogP contribution in [-0.2, 0) is 13.1 Å². The third kappa shape index (κ3) is 3.88. The minimum atomic E-state index is -0.322. The number of nitrogens with one attached hydrogen (secondary N) is 1. The molecule has 1 aromatic carbocycles. The molecule has 0 atom stereocenters. The van der Waals surface area contributed by atoms with E-state index in [1.54, 1.807) is 23.5 Å². The molecule has 20 heavy (non-hydrogen) atoms. The highest BCUT2D eigenvalue weighted by Crippen LogP contribution is 2.21. The van der Waals surface area contributed by atoms with Gasteiger partial charge in [-0.1, -0.05) is 12.1 Å². The van der Waals surface area contributed by atoms with Gasteiger partial charge in [-0.05, 0) is 35.1 Å². The van der Waals surface area contributed by atoms with Crippen molar-refractivity contribution in [3.05, 3.63) is 55.9 Å². The van der Waals surface area contributed by atoms with Crippen LogP contribution in [0.5, 0.6) is 0 Å². The number of benzene rings is 1. The van der Waals surface area contributed by atoms with E-state index in [9.17, 15) is 4.39 Å². The fraction of sp³-hybridized carbons (Fsp3) is 0.214. The van der Waals surface area contributed by atoms with Crippen LogP contribution in [0.1, 0.15) is 16.0 Å². The van der Waals surface area contributed by atoms with Crippen LogP contribution in [0.2, 0.25) is 0 Å². The summed E-state index contributed by atoms with van der Waals surface area (Å²) in [6, 6.07) is 6.74. The van der Waals surface area contributed by atoms with Gasteiger partial charge < -0.3 is 5.73 Å². The van der Waals surface area contributed by atoms with Gasteiger partial charge in [0.25, 0.3) is 0 Å². The van der Waals surface area contributed by atoms with Crippen molar-refractivity contribution in [2.45, 2.75) is 13.1 Å². The van der Waals surface area contributed by atoms with Crippen LogP contribution in [0.3, 0.4) is 0 Å². The maximum Gasteiger partial charge on any atom is 0.128 e. The number of nitrogens with zero attached hydrogens (tertiary/aromatic N) is 1. The first-order chi connectivity index (χ1) is 9.45. The number of amidine groups is 1. The van der Waals surface area contributed by atoms with Gasteiger partial charge in [0.1, 0.15) is 11.7 Å². The summed E-state index contributed by atoms with van der Waals surface area (Å²) in [6.07, 6.45) is 0. The maximum absolute atomic E-state index is 13.9. The number of thiophene rings is 1. The molecule has 0 radical (unpaired) electrons. The molecule has 6 heteroatoms. The van der Waals surface area contributed by atoms with E-state index >= 15 is 0 Å². The normalized spacial score (nSPS) is 11.0. The molecule has 1 aromatic heterocycles. The van der Waals surface area contributed by atoms with E-state index in [0.717, 1.165) is 11.0 Å². The number of nitrogens with two attached hydrogens (primary N) is 1. The zero-order valence-electron chi connectivity index (χ0n) is 11.0. The molecule has 0 bridgehead atoms. The Morgan fingerprint density at radius 3 is 2.70 bits per heavy atom. The second kappa shape index (κ2) is 6.47. The summed E-state index contributed by atoms with van der Waals surface area (Å²) in [7, 11) is 1.95. The van der Waals surface area contributed by atoms with Gasteiger partial charge in [-0.25, -0.2) is 4.39 Å². The number of nitrogen functional groups attached to an aromatic ring is 1. The Morgan fingerprint density at radius 1 is 1.40 bits per heavy atom. The van der Waals surface area contributed by atoms with Gasteiger partial charge >= 0.3 is 0 Å². The molecule has 0 unspecified atom stereocenters. The van der Waals surface area contributed by atoms with Crippen molar-refractivity contribution in [3.63, 3.8) is 0 Å². The molecule has 0 spiro atoms. The monoisotopic (exact) mass is 355 g/mol. The Balaban J connectivity index is 2.04. The lowest BCUT2D eigenvalue weighted by atomic mass is 10.1. The van der Waals surface area contributed by atoms with Crippen molar-refractivity contribution < 1.29 is 4.39 Å². The van der Waals surface area contributed by atoms with Crippen LogP contribution in [0.25, 0.3) is 0 Å². The van der Waals surface area contributed by atoms with E-state index in [-0.39, 0.29) is 11.7 Å². The van der Waals surface area contributed by atoms with Crippen LogP contribution in [0.4, 0.5) is 4.39 Å². The van der Waals surface area contributed by atoms with Crippen molar-refractivity contribution in [2.75, 3.05) is 7.05 Å². The van der Waals surface area contributed by atoms with Crippen molar-refractivity contribution in [1.82, 2.24) is 4.90 Å². The van der Waals surface area contributed by atoms with Gasteiger partial charge in [0.05, 0.1) is 0 Å². The van der Waals surface area contributed by atoms with E-state index in [4.69, 9.17) is 11.1 Å². The summed E-state index contributed by atoms with van der Waals surface area (Å²) in [4.78, 5) is 3.27. The Kier molecular flexibility index (Phi) is 4.91. The fourth-order valence-electron chi connectivity index (χ4n) is 1.89. The Labute approximate surface area is 129 Å². The van der Waals surface area contributed by atoms with Crippen LogP contribution < -0.4 is 5.73 Å². The Bertz CT molecular complexity index is 627. The molecule has 1 heterocycles. The molecular formula is C14H15BrFN3S. The van der Waals surface area contributed by atoms with Crippen molar-refractivity contribution in [1.29, 1.82) is 5.41 Å². The zero-order valence-corrected chi connectivity index (χ0v) is 13.4. The second-order valence-corrected chi connectivity index (χ2v) is 6.53. The molecule has 0 fully saturated rings. The quantitative estimate of drug-likeness (QED) is 0.636. The van der Waals surface area contributed by atoms with E-state index < -0.39 is 0 Å². The molecule has 2 rings (SSSR count). The molecule has 3 N–H and O–H groups in total. The van der Waals surface area contributed by atoms with Crippen molar-refractivity contribution >= 4 is 33.1 Å². The van der Waals surface area contributed by atoms with Crippen molar-refractivity contribution in [3.8, 4) is 0 Å². The zero-order chi connectivity index (χ0) is 14.7. The van der Waals surface area contributed by atoms with E-state index in [1.165, 1.54) is 10.9 Å². The highest BCUT2D eigenvalue weighted by Gasteiger charge is 2.09. The average molecular weight is 356 g/mol. The summed E-state index contributed by atoms with van der Waals surface area (Å²) in [5, 5.41) is 9.33. The number of halogens is 2. The summed E-state index contributed by atoms with van der Waals surface area (Å²) in [6.45, 7) is 1.28. The lowest BCUT2D eigenvalue weighted by molar-refractivity contribution is 0.316. The summed E-state index contributed by atoms with van der Waals surface area (Å²) < 4.78 is 15.0. The summed E-state index contributed by atoms with van der Waals surface area (Å²) in [5.74, 6) is -0.441. The van der Waals surface area contributed by atoms with Crippen molar-refractivity contribution in [2.24, 2.45) is 5.73 Å².